The van der Waals surface area contributed by atoms with Gasteiger partial charge in [0.1, 0.15) is 5.75 Å². The number of thioether (sulfide) groups is 1. The standard InChI is InChI=1S/C13H20N2O2S/c1-10(14)6-7-15-13(16)9-18-12-5-3-4-11(8-12)17-2/h3-5,8,10H,6-7,9,14H2,1-2H3,(H,15,16). The summed E-state index contributed by atoms with van der Waals surface area (Å²) >= 11 is 1.49. The maximum Gasteiger partial charge on any atom is 0.230 e. The summed E-state index contributed by atoms with van der Waals surface area (Å²) in [5, 5.41) is 2.84. The maximum atomic E-state index is 11.5. The van der Waals surface area contributed by atoms with Crippen molar-refractivity contribution in [1.82, 2.24) is 5.32 Å². The number of nitrogens with two attached hydrogens (primary N) is 1. The second-order valence-electron chi connectivity index (χ2n) is 4.08. The van der Waals surface area contributed by atoms with E-state index in [-0.39, 0.29) is 11.9 Å². The van der Waals surface area contributed by atoms with Crippen molar-refractivity contribution in [3.8, 4) is 5.75 Å². The lowest BCUT2D eigenvalue weighted by Crippen LogP contribution is -2.30. The summed E-state index contributed by atoms with van der Waals surface area (Å²) in [7, 11) is 1.63. The van der Waals surface area contributed by atoms with Crippen molar-refractivity contribution < 1.29 is 9.53 Å². The first-order valence-corrected chi connectivity index (χ1v) is 6.89. The van der Waals surface area contributed by atoms with Crippen LogP contribution in [0, 0.1) is 0 Å². The molecule has 0 saturated heterocycles. The van der Waals surface area contributed by atoms with E-state index in [0.29, 0.717) is 12.3 Å². The third kappa shape index (κ3) is 5.93. The summed E-state index contributed by atoms with van der Waals surface area (Å²) < 4.78 is 5.13. The Bertz CT molecular complexity index is 383. The van der Waals surface area contributed by atoms with Crippen molar-refractivity contribution in [1.29, 1.82) is 0 Å². The first kappa shape index (κ1) is 14.9. The van der Waals surface area contributed by atoms with Crippen LogP contribution in [0.1, 0.15) is 13.3 Å². The SMILES string of the molecule is COc1cccc(SCC(=O)NCCC(C)N)c1. The molecule has 0 aliphatic carbocycles. The minimum atomic E-state index is 0.0310. The molecular formula is C13H20N2O2S. The van der Waals surface area contributed by atoms with Crippen molar-refractivity contribution in [2.45, 2.75) is 24.3 Å². The van der Waals surface area contributed by atoms with Crippen molar-refractivity contribution in [3.05, 3.63) is 24.3 Å². The fourth-order valence-electron chi connectivity index (χ4n) is 1.33. The number of rotatable bonds is 7. The van der Waals surface area contributed by atoms with Gasteiger partial charge in [-0.25, -0.2) is 0 Å². The molecule has 0 saturated carbocycles. The number of hydrogen-bond acceptors (Lipinski definition) is 4. The fraction of sp³-hybridized carbons (Fsp3) is 0.462. The summed E-state index contributed by atoms with van der Waals surface area (Å²) in [5.74, 6) is 1.24. The molecule has 4 nitrogen and oxygen atoms in total. The van der Waals surface area contributed by atoms with Gasteiger partial charge in [0.15, 0.2) is 0 Å². The minimum Gasteiger partial charge on any atom is -0.497 e. The molecule has 0 fully saturated rings. The van der Waals surface area contributed by atoms with E-state index in [9.17, 15) is 4.79 Å². The molecule has 1 unspecified atom stereocenters. The molecule has 0 spiro atoms. The Morgan fingerprint density at radius 1 is 1.56 bits per heavy atom. The number of carbonyl (C=O) groups is 1. The van der Waals surface area contributed by atoms with Gasteiger partial charge in [-0.3, -0.25) is 4.79 Å². The van der Waals surface area contributed by atoms with Gasteiger partial charge >= 0.3 is 0 Å². The Morgan fingerprint density at radius 3 is 3.00 bits per heavy atom. The predicted molar refractivity (Wildman–Crippen MR) is 75.0 cm³/mol. The monoisotopic (exact) mass is 268 g/mol. The first-order valence-electron chi connectivity index (χ1n) is 5.91. The second kappa shape index (κ2) is 8.00. The number of amides is 1. The summed E-state index contributed by atoms with van der Waals surface area (Å²) in [4.78, 5) is 12.6. The van der Waals surface area contributed by atoms with Crippen molar-refractivity contribution >= 4 is 17.7 Å². The van der Waals surface area contributed by atoms with Gasteiger partial charge in [-0.1, -0.05) is 6.07 Å². The Labute approximate surface area is 112 Å². The molecule has 0 aliphatic rings. The van der Waals surface area contributed by atoms with E-state index in [1.54, 1.807) is 7.11 Å². The Hall–Kier alpha value is -1.20. The molecule has 0 heterocycles. The molecule has 1 rings (SSSR count). The van der Waals surface area contributed by atoms with Gasteiger partial charge in [-0.2, -0.15) is 0 Å². The Kier molecular flexibility index (Phi) is 6.60. The van der Waals surface area contributed by atoms with Gasteiger partial charge in [0.25, 0.3) is 0 Å². The van der Waals surface area contributed by atoms with Gasteiger partial charge < -0.3 is 15.8 Å². The number of ether oxygens (including phenoxy) is 1. The van der Waals surface area contributed by atoms with E-state index >= 15 is 0 Å². The molecule has 0 bridgehead atoms. The lowest BCUT2D eigenvalue weighted by Gasteiger charge is -2.07. The van der Waals surface area contributed by atoms with Gasteiger partial charge in [0.2, 0.25) is 5.91 Å². The quantitative estimate of drug-likeness (QED) is 0.738. The van der Waals surface area contributed by atoms with Crippen LogP contribution in [0.4, 0.5) is 0 Å². The van der Waals surface area contributed by atoms with E-state index in [1.165, 1.54) is 11.8 Å². The third-order valence-electron chi connectivity index (χ3n) is 2.33. The van der Waals surface area contributed by atoms with Crippen LogP contribution in [0.5, 0.6) is 5.75 Å². The molecule has 0 aliphatic heterocycles. The predicted octanol–water partition coefficient (Wildman–Crippen LogP) is 1.64. The second-order valence-corrected chi connectivity index (χ2v) is 5.13. The molecule has 100 valence electrons. The summed E-state index contributed by atoms with van der Waals surface area (Å²) in [6, 6.07) is 7.79. The third-order valence-corrected chi connectivity index (χ3v) is 3.33. The smallest absolute Gasteiger partial charge is 0.230 e. The summed E-state index contributed by atoms with van der Waals surface area (Å²) in [5.41, 5.74) is 5.61. The number of benzene rings is 1. The molecule has 1 amide bonds. The van der Waals surface area contributed by atoms with Gasteiger partial charge in [0, 0.05) is 17.5 Å². The molecule has 1 aromatic carbocycles. The number of methoxy groups -OCH3 is 1. The topological polar surface area (TPSA) is 64.3 Å². The van der Waals surface area contributed by atoms with Crippen molar-refractivity contribution in [3.63, 3.8) is 0 Å². The Balaban J connectivity index is 2.29. The Morgan fingerprint density at radius 2 is 2.33 bits per heavy atom. The van der Waals surface area contributed by atoms with Gasteiger partial charge in [-0.15, -0.1) is 11.8 Å². The minimum absolute atomic E-state index is 0.0310. The molecule has 18 heavy (non-hydrogen) atoms. The van der Waals surface area contributed by atoms with Crippen molar-refractivity contribution in [2.24, 2.45) is 5.73 Å². The van der Waals surface area contributed by atoms with Gasteiger partial charge in [0.05, 0.1) is 12.9 Å². The summed E-state index contributed by atoms with van der Waals surface area (Å²) in [6.07, 6.45) is 0.801. The van der Waals surface area contributed by atoms with Crippen LogP contribution in [0.15, 0.2) is 29.2 Å². The zero-order valence-corrected chi connectivity index (χ0v) is 11.6. The van der Waals surface area contributed by atoms with Crippen LogP contribution in [-0.2, 0) is 4.79 Å². The zero-order valence-electron chi connectivity index (χ0n) is 10.8. The average molecular weight is 268 g/mol. The number of carbonyl (C=O) groups excluding carboxylic acids is 1. The zero-order chi connectivity index (χ0) is 13.4. The van der Waals surface area contributed by atoms with Crippen molar-refractivity contribution in [2.75, 3.05) is 19.4 Å². The highest BCUT2D eigenvalue weighted by Gasteiger charge is 2.03. The van der Waals surface area contributed by atoms with Crippen LogP contribution >= 0.6 is 11.8 Å². The maximum absolute atomic E-state index is 11.5. The van der Waals surface area contributed by atoms with Gasteiger partial charge in [-0.05, 0) is 31.5 Å². The highest BCUT2D eigenvalue weighted by molar-refractivity contribution is 8.00. The molecule has 0 radical (unpaired) electrons. The molecule has 0 aromatic heterocycles. The number of nitrogens with one attached hydrogen (secondary N) is 1. The first-order chi connectivity index (χ1) is 8.61. The van der Waals surface area contributed by atoms with Crippen LogP contribution in [0.2, 0.25) is 0 Å². The largest absolute Gasteiger partial charge is 0.497 e. The lowest BCUT2D eigenvalue weighted by molar-refractivity contribution is -0.118. The molecular weight excluding hydrogens is 248 g/mol. The lowest BCUT2D eigenvalue weighted by atomic mass is 10.2. The highest BCUT2D eigenvalue weighted by Crippen LogP contribution is 2.22. The van der Waals surface area contributed by atoms with E-state index in [1.807, 2.05) is 31.2 Å². The average Bonchev–Trinajstić information content (AvgIpc) is 2.36. The van der Waals surface area contributed by atoms with Crippen LogP contribution in [-0.4, -0.2) is 31.4 Å². The molecule has 3 N–H and O–H groups in total. The molecule has 1 aromatic rings. The molecule has 1 atom stereocenters. The van der Waals surface area contributed by atoms with E-state index in [0.717, 1.165) is 17.1 Å². The number of hydrogen-bond donors (Lipinski definition) is 2. The summed E-state index contributed by atoms with van der Waals surface area (Å²) in [6.45, 7) is 2.56. The van der Waals surface area contributed by atoms with E-state index < -0.39 is 0 Å². The highest BCUT2D eigenvalue weighted by atomic mass is 32.2. The van der Waals surface area contributed by atoms with E-state index in [4.69, 9.17) is 10.5 Å². The van der Waals surface area contributed by atoms with Crippen LogP contribution < -0.4 is 15.8 Å². The fourth-order valence-corrected chi connectivity index (χ4v) is 2.10. The van der Waals surface area contributed by atoms with E-state index in [2.05, 4.69) is 5.32 Å². The normalized spacial score (nSPS) is 11.9. The van der Waals surface area contributed by atoms with Crippen LogP contribution in [0.25, 0.3) is 0 Å². The van der Waals surface area contributed by atoms with Crippen LogP contribution in [0.3, 0.4) is 0 Å². The molecule has 5 heteroatoms.